The number of hydrogen-bond acceptors (Lipinski definition) is 4. The van der Waals surface area contributed by atoms with E-state index >= 15 is 0 Å². The first kappa shape index (κ1) is 12.2. The van der Waals surface area contributed by atoms with E-state index in [1.165, 1.54) is 0 Å². The van der Waals surface area contributed by atoms with Crippen LogP contribution in [-0.4, -0.2) is 35.5 Å². The van der Waals surface area contributed by atoms with E-state index < -0.39 is 11.8 Å². The van der Waals surface area contributed by atoms with E-state index in [2.05, 4.69) is 20.6 Å². The number of hydrogen-bond donors (Lipinski definition) is 2. The molecule has 1 aromatic rings. The van der Waals surface area contributed by atoms with Crippen molar-refractivity contribution in [2.24, 2.45) is 5.92 Å². The summed E-state index contributed by atoms with van der Waals surface area (Å²) in [6.45, 7) is 2.48. The molecule has 1 saturated heterocycles. The van der Waals surface area contributed by atoms with Gasteiger partial charge in [-0.15, -0.1) is 0 Å². The highest BCUT2D eigenvalue weighted by Gasteiger charge is 2.41. The highest BCUT2D eigenvalue weighted by Crippen LogP contribution is 2.29. The Morgan fingerprint density at radius 3 is 2.82 bits per heavy atom. The quantitative estimate of drug-likeness (QED) is 0.842. The summed E-state index contributed by atoms with van der Waals surface area (Å²) in [5.41, 5.74) is 0.947. The summed E-state index contributed by atoms with van der Waals surface area (Å²) in [4.78, 5) is 8.06. The average molecular weight is 242 g/mol. The van der Waals surface area contributed by atoms with Gasteiger partial charge in [0.25, 0.3) is 5.92 Å². The minimum absolute atomic E-state index is 0.206. The fourth-order valence-corrected chi connectivity index (χ4v) is 1.84. The SMILES string of the molecule is Cc1cnc(NC[C@H]2CCNCC2(F)F)nc1. The highest BCUT2D eigenvalue weighted by molar-refractivity contribution is 5.24. The van der Waals surface area contributed by atoms with E-state index in [9.17, 15) is 8.78 Å². The number of halogens is 2. The maximum atomic E-state index is 13.5. The third-order valence-corrected chi connectivity index (χ3v) is 2.92. The number of nitrogens with zero attached hydrogens (tertiary/aromatic N) is 2. The predicted octanol–water partition coefficient (Wildman–Crippen LogP) is 1.44. The second-order valence-electron chi connectivity index (χ2n) is 4.39. The molecule has 1 aromatic heterocycles. The molecule has 94 valence electrons. The largest absolute Gasteiger partial charge is 0.354 e. The molecule has 0 spiro atoms. The molecule has 0 unspecified atom stereocenters. The van der Waals surface area contributed by atoms with Crippen LogP contribution in [0.2, 0.25) is 0 Å². The van der Waals surface area contributed by atoms with Crippen molar-refractivity contribution in [1.29, 1.82) is 0 Å². The van der Waals surface area contributed by atoms with Crippen LogP contribution in [0.5, 0.6) is 0 Å². The zero-order chi connectivity index (χ0) is 12.3. The Hall–Kier alpha value is -1.30. The van der Waals surface area contributed by atoms with Crippen LogP contribution in [0.15, 0.2) is 12.4 Å². The number of aryl methyl sites for hydroxylation is 1. The first-order chi connectivity index (χ1) is 8.08. The van der Waals surface area contributed by atoms with Crippen molar-refractivity contribution in [3.63, 3.8) is 0 Å². The van der Waals surface area contributed by atoms with Crippen molar-refractivity contribution < 1.29 is 8.78 Å². The Bertz CT molecular complexity index is 366. The Labute approximate surface area is 98.9 Å². The van der Waals surface area contributed by atoms with Crippen molar-refractivity contribution >= 4 is 5.95 Å². The number of nitrogens with one attached hydrogen (secondary N) is 2. The van der Waals surface area contributed by atoms with E-state index in [1.807, 2.05) is 6.92 Å². The van der Waals surface area contributed by atoms with Gasteiger partial charge in [-0.25, -0.2) is 18.7 Å². The lowest BCUT2D eigenvalue weighted by Crippen LogP contribution is -2.48. The molecule has 4 nitrogen and oxygen atoms in total. The summed E-state index contributed by atoms with van der Waals surface area (Å²) < 4.78 is 27.0. The number of rotatable bonds is 3. The molecule has 1 aliphatic heterocycles. The average Bonchev–Trinajstić information content (AvgIpc) is 2.29. The zero-order valence-corrected chi connectivity index (χ0v) is 9.71. The fraction of sp³-hybridized carbons (Fsp3) is 0.636. The van der Waals surface area contributed by atoms with Crippen LogP contribution in [0.3, 0.4) is 0 Å². The van der Waals surface area contributed by atoms with Crippen LogP contribution < -0.4 is 10.6 Å². The van der Waals surface area contributed by atoms with Gasteiger partial charge in [0.15, 0.2) is 0 Å². The third-order valence-electron chi connectivity index (χ3n) is 2.92. The number of anilines is 1. The third kappa shape index (κ3) is 3.09. The molecule has 0 amide bonds. The summed E-state index contributed by atoms with van der Waals surface area (Å²) in [5, 5.41) is 5.57. The second kappa shape index (κ2) is 4.91. The Morgan fingerprint density at radius 1 is 1.47 bits per heavy atom. The smallest absolute Gasteiger partial charge is 0.264 e. The van der Waals surface area contributed by atoms with Crippen molar-refractivity contribution in [2.75, 3.05) is 25.0 Å². The van der Waals surface area contributed by atoms with E-state index in [4.69, 9.17) is 0 Å². The van der Waals surface area contributed by atoms with Crippen LogP contribution in [-0.2, 0) is 0 Å². The fourth-order valence-electron chi connectivity index (χ4n) is 1.84. The summed E-state index contributed by atoms with van der Waals surface area (Å²) in [6.07, 6.45) is 3.79. The highest BCUT2D eigenvalue weighted by atomic mass is 19.3. The maximum absolute atomic E-state index is 13.5. The molecule has 0 radical (unpaired) electrons. The van der Waals surface area contributed by atoms with E-state index in [0.29, 0.717) is 18.9 Å². The second-order valence-corrected chi connectivity index (χ2v) is 4.39. The van der Waals surface area contributed by atoms with Crippen molar-refractivity contribution in [3.8, 4) is 0 Å². The molecule has 1 atom stereocenters. The summed E-state index contributed by atoms with van der Waals surface area (Å²) in [7, 11) is 0. The Morgan fingerprint density at radius 2 is 2.18 bits per heavy atom. The van der Waals surface area contributed by atoms with Crippen LogP contribution in [0.4, 0.5) is 14.7 Å². The van der Waals surface area contributed by atoms with Gasteiger partial charge in [-0.2, -0.15) is 0 Å². The van der Waals surface area contributed by atoms with E-state index in [0.717, 1.165) is 5.56 Å². The molecule has 1 aliphatic rings. The minimum Gasteiger partial charge on any atom is -0.354 e. The van der Waals surface area contributed by atoms with Crippen LogP contribution in [0, 0.1) is 12.8 Å². The summed E-state index contributed by atoms with van der Waals surface area (Å²) in [5.74, 6) is -2.91. The molecule has 0 saturated carbocycles. The van der Waals surface area contributed by atoms with Gasteiger partial charge in [-0.05, 0) is 25.5 Å². The molecule has 2 heterocycles. The molecule has 17 heavy (non-hydrogen) atoms. The van der Waals surface area contributed by atoms with Gasteiger partial charge in [-0.3, -0.25) is 0 Å². The van der Waals surface area contributed by atoms with Crippen molar-refractivity contribution in [1.82, 2.24) is 15.3 Å². The number of piperidine rings is 1. The zero-order valence-electron chi connectivity index (χ0n) is 9.71. The van der Waals surface area contributed by atoms with Crippen LogP contribution in [0.1, 0.15) is 12.0 Å². The molecule has 0 aromatic carbocycles. The molecule has 0 bridgehead atoms. The lowest BCUT2D eigenvalue weighted by molar-refractivity contribution is -0.0678. The lowest BCUT2D eigenvalue weighted by atomic mass is 9.94. The molecular formula is C11H16F2N4. The van der Waals surface area contributed by atoms with Gasteiger partial charge in [0.05, 0.1) is 6.54 Å². The summed E-state index contributed by atoms with van der Waals surface area (Å²) in [6, 6.07) is 0. The molecule has 0 aliphatic carbocycles. The monoisotopic (exact) mass is 242 g/mol. The van der Waals surface area contributed by atoms with Gasteiger partial charge in [0.2, 0.25) is 5.95 Å². The minimum atomic E-state index is -2.66. The summed E-state index contributed by atoms with van der Waals surface area (Å²) >= 11 is 0. The molecule has 6 heteroatoms. The number of alkyl halides is 2. The first-order valence-corrected chi connectivity index (χ1v) is 5.69. The van der Waals surface area contributed by atoms with E-state index in [-0.39, 0.29) is 13.1 Å². The normalized spacial score (nSPS) is 23.4. The lowest BCUT2D eigenvalue weighted by Gasteiger charge is -2.31. The molecule has 2 rings (SSSR count). The Kier molecular flexibility index (Phi) is 3.51. The molecule has 2 N–H and O–H groups in total. The Balaban J connectivity index is 1.91. The topological polar surface area (TPSA) is 49.8 Å². The van der Waals surface area contributed by atoms with Gasteiger partial charge >= 0.3 is 0 Å². The van der Waals surface area contributed by atoms with Gasteiger partial charge in [0, 0.05) is 24.9 Å². The van der Waals surface area contributed by atoms with Crippen molar-refractivity contribution in [2.45, 2.75) is 19.3 Å². The standard InChI is InChI=1S/C11H16F2N4/c1-8-4-15-10(16-5-8)17-6-9-2-3-14-7-11(9,12)13/h4-5,9,14H,2-3,6-7H2,1H3,(H,15,16,17)/t9-/m1/s1. The first-order valence-electron chi connectivity index (χ1n) is 5.69. The predicted molar refractivity (Wildman–Crippen MR) is 61.2 cm³/mol. The van der Waals surface area contributed by atoms with Crippen LogP contribution >= 0.6 is 0 Å². The van der Waals surface area contributed by atoms with Crippen LogP contribution in [0.25, 0.3) is 0 Å². The van der Waals surface area contributed by atoms with Gasteiger partial charge in [0.1, 0.15) is 0 Å². The van der Waals surface area contributed by atoms with E-state index in [1.54, 1.807) is 12.4 Å². The number of aromatic nitrogens is 2. The molecule has 1 fully saturated rings. The van der Waals surface area contributed by atoms with Gasteiger partial charge < -0.3 is 10.6 Å². The van der Waals surface area contributed by atoms with Crippen molar-refractivity contribution in [3.05, 3.63) is 18.0 Å². The van der Waals surface area contributed by atoms with Gasteiger partial charge in [-0.1, -0.05) is 0 Å². The molecular weight excluding hydrogens is 226 g/mol. The maximum Gasteiger partial charge on any atom is 0.264 e.